The lowest BCUT2D eigenvalue weighted by Gasteiger charge is -2.14. The summed E-state index contributed by atoms with van der Waals surface area (Å²) in [4.78, 5) is 24.1. The molecule has 0 saturated heterocycles. The highest BCUT2D eigenvalue weighted by Crippen LogP contribution is 2.29. The Morgan fingerprint density at radius 3 is 2.32 bits per heavy atom. The van der Waals surface area contributed by atoms with Crippen LogP contribution in [0.25, 0.3) is 11.1 Å². The first kappa shape index (κ1) is 16.7. The van der Waals surface area contributed by atoms with Crippen LogP contribution in [0.1, 0.15) is 31.8 Å². The zero-order chi connectivity index (χ0) is 17.6. The van der Waals surface area contributed by atoms with Gasteiger partial charge in [0.25, 0.3) is 0 Å². The van der Waals surface area contributed by atoms with Gasteiger partial charge >= 0.3 is 5.97 Å². The Balaban J connectivity index is 1.96. The topological polar surface area (TPSA) is 43.4 Å². The zero-order valence-electron chi connectivity index (χ0n) is 13.9. The minimum absolute atomic E-state index is 0.211. The van der Waals surface area contributed by atoms with Gasteiger partial charge in [0.05, 0.1) is 5.56 Å². The Kier molecular flexibility index (Phi) is 5.05. The molecule has 0 fully saturated rings. The van der Waals surface area contributed by atoms with Crippen LogP contribution >= 0.6 is 0 Å². The van der Waals surface area contributed by atoms with Crippen molar-refractivity contribution in [3.05, 3.63) is 95.1 Å². The summed E-state index contributed by atoms with van der Waals surface area (Å²) in [6, 6.07) is 22.4. The molecule has 0 aliphatic rings. The van der Waals surface area contributed by atoms with Crippen LogP contribution in [-0.4, -0.2) is 12.3 Å². The van der Waals surface area contributed by atoms with Gasteiger partial charge in [-0.1, -0.05) is 72.8 Å². The predicted octanol–water partition coefficient (Wildman–Crippen LogP) is 4.83. The van der Waals surface area contributed by atoms with Crippen molar-refractivity contribution in [1.82, 2.24) is 0 Å². The third kappa shape index (κ3) is 3.66. The second-order valence-corrected chi connectivity index (χ2v) is 5.76. The van der Waals surface area contributed by atoms with Gasteiger partial charge < -0.3 is 4.74 Å². The molecule has 0 aliphatic carbocycles. The lowest BCUT2D eigenvalue weighted by atomic mass is 9.93. The molecule has 3 rings (SSSR count). The van der Waals surface area contributed by atoms with Crippen molar-refractivity contribution < 1.29 is 14.3 Å². The minimum atomic E-state index is -0.391. The van der Waals surface area contributed by atoms with Gasteiger partial charge in [-0.3, -0.25) is 4.79 Å². The number of aldehydes is 1. The van der Waals surface area contributed by atoms with E-state index in [1.807, 2.05) is 67.6 Å². The number of carbonyl (C=O) groups excluding carboxylic acids is 2. The Bertz CT molecular complexity index is 898. The van der Waals surface area contributed by atoms with E-state index in [0.29, 0.717) is 16.7 Å². The van der Waals surface area contributed by atoms with Crippen molar-refractivity contribution in [2.75, 3.05) is 0 Å². The third-order valence-electron chi connectivity index (χ3n) is 4.07. The Morgan fingerprint density at radius 1 is 0.880 bits per heavy atom. The van der Waals surface area contributed by atoms with Crippen molar-refractivity contribution in [2.45, 2.75) is 13.5 Å². The van der Waals surface area contributed by atoms with Crippen molar-refractivity contribution in [1.29, 1.82) is 0 Å². The summed E-state index contributed by atoms with van der Waals surface area (Å²) in [6.07, 6.45) is 0.802. The molecule has 3 heteroatoms. The van der Waals surface area contributed by atoms with Crippen LogP contribution in [0.15, 0.2) is 72.8 Å². The predicted molar refractivity (Wildman–Crippen MR) is 97.6 cm³/mol. The SMILES string of the molecule is Cc1cccc(-c2ccccc2C=O)c1C(=O)OCc1ccccc1. The summed E-state index contributed by atoms with van der Waals surface area (Å²) in [7, 11) is 0. The summed E-state index contributed by atoms with van der Waals surface area (Å²) < 4.78 is 5.50. The van der Waals surface area contributed by atoms with E-state index in [1.165, 1.54) is 0 Å². The van der Waals surface area contributed by atoms with Crippen molar-refractivity contribution in [2.24, 2.45) is 0 Å². The second-order valence-electron chi connectivity index (χ2n) is 5.76. The molecule has 0 radical (unpaired) electrons. The van der Waals surface area contributed by atoms with Gasteiger partial charge in [0.1, 0.15) is 6.61 Å². The number of benzene rings is 3. The van der Waals surface area contributed by atoms with Gasteiger partial charge in [-0.05, 0) is 29.2 Å². The third-order valence-corrected chi connectivity index (χ3v) is 4.07. The van der Waals surface area contributed by atoms with Crippen LogP contribution in [0.2, 0.25) is 0 Å². The van der Waals surface area contributed by atoms with Crippen molar-refractivity contribution in [3.8, 4) is 11.1 Å². The summed E-state index contributed by atoms with van der Waals surface area (Å²) in [6.45, 7) is 2.08. The number of aryl methyl sites for hydroxylation is 1. The van der Waals surface area contributed by atoms with Gasteiger partial charge in [0, 0.05) is 5.56 Å². The molecule has 0 N–H and O–H groups in total. The maximum absolute atomic E-state index is 12.7. The van der Waals surface area contributed by atoms with Crippen molar-refractivity contribution in [3.63, 3.8) is 0 Å². The highest BCUT2D eigenvalue weighted by atomic mass is 16.5. The monoisotopic (exact) mass is 330 g/mol. The smallest absolute Gasteiger partial charge is 0.339 e. The minimum Gasteiger partial charge on any atom is -0.457 e. The molecule has 0 unspecified atom stereocenters. The quantitative estimate of drug-likeness (QED) is 0.497. The molecule has 3 aromatic carbocycles. The molecule has 0 aromatic heterocycles. The molecule has 0 aliphatic heterocycles. The number of rotatable bonds is 5. The van der Waals surface area contributed by atoms with Crippen LogP contribution in [-0.2, 0) is 11.3 Å². The first-order valence-electron chi connectivity index (χ1n) is 8.06. The van der Waals surface area contributed by atoms with Crippen molar-refractivity contribution >= 4 is 12.3 Å². The summed E-state index contributed by atoms with van der Waals surface area (Å²) in [5.74, 6) is -0.391. The summed E-state index contributed by atoms with van der Waals surface area (Å²) in [5.41, 5.74) is 4.22. The molecule has 124 valence electrons. The molecule has 0 bridgehead atoms. The maximum atomic E-state index is 12.7. The van der Waals surface area contributed by atoms with E-state index in [4.69, 9.17) is 4.74 Å². The number of carbonyl (C=O) groups is 2. The van der Waals surface area contributed by atoms with Crippen LogP contribution in [0.5, 0.6) is 0 Å². The highest BCUT2D eigenvalue weighted by Gasteiger charge is 2.18. The molecule has 0 saturated carbocycles. The van der Waals surface area contributed by atoms with E-state index in [-0.39, 0.29) is 6.61 Å². The first-order valence-corrected chi connectivity index (χ1v) is 8.06. The molecular weight excluding hydrogens is 312 g/mol. The van der Waals surface area contributed by atoms with E-state index >= 15 is 0 Å². The Hall–Kier alpha value is -3.20. The van der Waals surface area contributed by atoms with E-state index in [1.54, 1.807) is 12.1 Å². The first-order chi connectivity index (χ1) is 12.2. The summed E-state index contributed by atoms with van der Waals surface area (Å²) >= 11 is 0. The molecule has 0 heterocycles. The fourth-order valence-electron chi connectivity index (χ4n) is 2.80. The number of ether oxygens (including phenoxy) is 1. The normalized spacial score (nSPS) is 10.3. The Morgan fingerprint density at radius 2 is 1.56 bits per heavy atom. The fourth-order valence-corrected chi connectivity index (χ4v) is 2.80. The van der Waals surface area contributed by atoms with Crippen LogP contribution in [0.3, 0.4) is 0 Å². The van der Waals surface area contributed by atoms with Crippen LogP contribution in [0, 0.1) is 6.92 Å². The molecule has 0 amide bonds. The maximum Gasteiger partial charge on any atom is 0.339 e. The molecule has 0 atom stereocenters. The molecular formula is C22H18O3. The van der Waals surface area contributed by atoms with Gasteiger partial charge in [0.2, 0.25) is 0 Å². The van der Waals surface area contributed by atoms with Gasteiger partial charge in [-0.2, -0.15) is 0 Å². The number of hydrogen-bond acceptors (Lipinski definition) is 3. The van der Waals surface area contributed by atoms with E-state index in [0.717, 1.165) is 23.0 Å². The lowest BCUT2D eigenvalue weighted by molar-refractivity contribution is 0.0472. The molecule has 3 nitrogen and oxygen atoms in total. The van der Waals surface area contributed by atoms with E-state index in [2.05, 4.69) is 0 Å². The average Bonchev–Trinajstić information content (AvgIpc) is 2.66. The Labute approximate surface area is 146 Å². The van der Waals surface area contributed by atoms with Gasteiger partial charge in [0.15, 0.2) is 6.29 Å². The summed E-state index contributed by atoms with van der Waals surface area (Å²) in [5, 5.41) is 0. The highest BCUT2D eigenvalue weighted by molar-refractivity contribution is 6.01. The second kappa shape index (κ2) is 7.58. The zero-order valence-corrected chi connectivity index (χ0v) is 13.9. The standard InChI is InChI=1S/C22H18O3/c1-16-8-7-13-20(19-12-6-5-11-18(19)14-23)21(16)22(24)25-15-17-9-3-2-4-10-17/h2-14H,15H2,1H3. The van der Waals surface area contributed by atoms with E-state index < -0.39 is 5.97 Å². The van der Waals surface area contributed by atoms with Gasteiger partial charge in [-0.25, -0.2) is 4.79 Å². The number of hydrogen-bond donors (Lipinski definition) is 0. The van der Waals surface area contributed by atoms with E-state index in [9.17, 15) is 9.59 Å². The molecule has 3 aromatic rings. The van der Waals surface area contributed by atoms with Gasteiger partial charge in [-0.15, -0.1) is 0 Å². The fraction of sp³-hybridized carbons (Fsp3) is 0.0909. The molecule has 25 heavy (non-hydrogen) atoms. The molecule has 0 spiro atoms. The largest absolute Gasteiger partial charge is 0.457 e. The number of esters is 1. The van der Waals surface area contributed by atoms with Crippen LogP contribution < -0.4 is 0 Å². The lowest BCUT2D eigenvalue weighted by Crippen LogP contribution is -2.09. The van der Waals surface area contributed by atoms with Crippen LogP contribution in [0.4, 0.5) is 0 Å². The average molecular weight is 330 g/mol.